The van der Waals surface area contributed by atoms with Crippen molar-refractivity contribution in [2.24, 2.45) is 5.73 Å². The molecule has 232 valence electrons. The molecule has 2 rings (SSSR count). The molecule has 1 aliphatic heterocycles. The van der Waals surface area contributed by atoms with Crippen LogP contribution >= 0.6 is 7.82 Å². The largest absolute Gasteiger partial charge is 0.493 e. The van der Waals surface area contributed by atoms with Crippen molar-refractivity contribution in [1.82, 2.24) is 0 Å². The number of carbonyl (C=O) groups is 2. The molecule has 11 nitrogen and oxygen atoms in total. The Hall–Kier alpha value is -2.27. The maximum atomic E-state index is 12.5. The molecule has 0 saturated heterocycles. The molecule has 0 spiro atoms. The zero-order valence-corrected chi connectivity index (χ0v) is 24.9. The molecule has 1 unspecified atom stereocenters. The summed E-state index contributed by atoms with van der Waals surface area (Å²) in [5.41, 5.74) is 6.20. The molecule has 4 N–H and O–H groups in total. The van der Waals surface area contributed by atoms with Crippen LogP contribution in [-0.2, 0) is 39.1 Å². The molecule has 0 saturated carbocycles. The summed E-state index contributed by atoms with van der Waals surface area (Å²) in [4.78, 5) is 33.2. The van der Waals surface area contributed by atoms with Crippen LogP contribution in [-0.4, -0.2) is 66.6 Å². The molecule has 0 fully saturated rings. The second-order valence-corrected chi connectivity index (χ2v) is 11.5. The van der Waals surface area contributed by atoms with Gasteiger partial charge in [-0.1, -0.05) is 88.6 Å². The molecule has 0 amide bonds. The van der Waals surface area contributed by atoms with E-state index in [4.69, 9.17) is 29.6 Å². The monoisotopic (exact) mass is 599 g/mol. The number of phosphoric acid groups is 1. The number of ether oxygens (including phenoxy) is 3. The van der Waals surface area contributed by atoms with Gasteiger partial charge >= 0.3 is 19.8 Å². The zero-order chi connectivity index (χ0) is 29.9. The summed E-state index contributed by atoms with van der Waals surface area (Å²) < 4.78 is 38.9. The highest BCUT2D eigenvalue weighted by Gasteiger charge is 2.34. The van der Waals surface area contributed by atoms with Gasteiger partial charge in [0.1, 0.15) is 30.6 Å². The van der Waals surface area contributed by atoms with Crippen LogP contribution in [0.15, 0.2) is 36.4 Å². The van der Waals surface area contributed by atoms with Gasteiger partial charge in [-0.3, -0.25) is 18.6 Å². The third kappa shape index (κ3) is 15.0. The number of nitrogens with two attached hydrogens (primary N) is 1. The normalized spacial score (nSPS) is 18.9. The van der Waals surface area contributed by atoms with Crippen LogP contribution in [0, 0.1) is 0 Å². The van der Waals surface area contributed by atoms with E-state index in [-0.39, 0.29) is 19.6 Å². The van der Waals surface area contributed by atoms with Gasteiger partial charge in [0.05, 0.1) is 19.8 Å². The molecule has 41 heavy (non-hydrogen) atoms. The lowest BCUT2D eigenvalue weighted by Gasteiger charge is -2.28. The molecule has 0 radical (unpaired) electrons. The summed E-state index contributed by atoms with van der Waals surface area (Å²) in [6, 6.07) is 6.14. The average Bonchev–Trinajstić information content (AvgIpc) is 2.95. The highest BCUT2D eigenvalue weighted by Crippen LogP contribution is 2.45. The second-order valence-electron chi connectivity index (χ2n) is 10.0. The van der Waals surface area contributed by atoms with E-state index in [1.807, 2.05) is 24.3 Å². The Bertz CT molecular complexity index is 988. The van der Waals surface area contributed by atoms with Crippen molar-refractivity contribution in [3.8, 4) is 5.75 Å². The van der Waals surface area contributed by atoms with Crippen molar-refractivity contribution >= 4 is 19.8 Å². The first kappa shape index (κ1) is 34.9. The van der Waals surface area contributed by atoms with Gasteiger partial charge in [-0.2, -0.15) is 0 Å². The molecule has 1 aromatic rings. The summed E-state index contributed by atoms with van der Waals surface area (Å²) in [5, 5.41) is 8.79. The lowest BCUT2D eigenvalue weighted by atomic mass is 10.1. The molecule has 0 aliphatic carbocycles. The first-order valence-electron chi connectivity index (χ1n) is 14.5. The Morgan fingerprint density at radius 2 is 1.78 bits per heavy atom. The number of rotatable bonds is 22. The highest BCUT2D eigenvalue weighted by atomic mass is 31.2. The Morgan fingerprint density at radius 1 is 1.10 bits per heavy atom. The Morgan fingerprint density at radius 3 is 2.49 bits per heavy atom. The van der Waals surface area contributed by atoms with Crippen LogP contribution in [0.4, 0.5) is 0 Å². The minimum Gasteiger partial charge on any atom is -0.493 e. The van der Waals surface area contributed by atoms with Crippen molar-refractivity contribution in [2.45, 2.75) is 95.8 Å². The quantitative estimate of drug-likeness (QED) is 0.0716. The standard InChI is InChI=1S/C29H46NO10P/c1-2-3-4-5-6-7-8-9-12-19-36-25-15-11-10-14-23(25)17-18-28(31)38-22-27-26(16-13-20-37-27)40-41(34,35)39-21-24(30)29(32)33/h10-11,13-16,24,26-27H,2-9,12,17-22,30H2,1H3,(H,32,33)(H,34,35)/t24-,26+,27-/m0/s1. The maximum absolute atomic E-state index is 12.5. The van der Waals surface area contributed by atoms with E-state index in [1.54, 1.807) is 6.08 Å². The number of aliphatic carboxylic acids is 1. The minimum atomic E-state index is -4.65. The lowest BCUT2D eigenvalue weighted by molar-refractivity contribution is -0.150. The van der Waals surface area contributed by atoms with Gasteiger partial charge in [-0.25, -0.2) is 4.57 Å². The van der Waals surface area contributed by atoms with Crippen molar-refractivity contribution in [2.75, 3.05) is 26.4 Å². The van der Waals surface area contributed by atoms with Gasteiger partial charge in [0.25, 0.3) is 0 Å². The third-order valence-electron chi connectivity index (χ3n) is 6.57. The number of esters is 1. The number of aryl methyl sites for hydroxylation is 1. The molecule has 1 aromatic carbocycles. The first-order chi connectivity index (χ1) is 19.7. The van der Waals surface area contributed by atoms with Crippen molar-refractivity contribution in [3.63, 3.8) is 0 Å². The van der Waals surface area contributed by atoms with Gasteiger partial charge in [-0.15, -0.1) is 0 Å². The van der Waals surface area contributed by atoms with Crippen LogP contribution in [0.5, 0.6) is 5.75 Å². The molecule has 1 aliphatic rings. The number of phosphoric ester groups is 1. The van der Waals surface area contributed by atoms with E-state index in [1.165, 1.54) is 51.0 Å². The van der Waals surface area contributed by atoms with Crippen LogP contribution < -0.4 is 10.5 Å². The van der Waals surface area contributed by atoms with Gasteiger partial charge < -0.3 is 29.9 Å². The summed E-state index contributed by atoms with van der Waals surface area (Å²) >= 11 is 0. The van der Waals surface area contributed by atoms with Gasteiger partial charge in [0, 0.05) is 6.42 Å². The van der Waals surface area contributed by atoms with E-state index in [9.17, 15) is 19.0 Å². The van der Waals surface area contributed by atoms with E-state index >= 15 is 0 Å². The van der Waals surface area contributed by atoms with Crippen LogP contribution in [0.1, 0.15) is 76.7 Å². The average molecular weight is 600 g/mol. The zero-order valence-electron chi connectivity index (χ0n) is 24.0. The van der Waals surface area contributed by atoms with Crippen LogP contribution in [0.3, 0.4) is 0 Å². The van der Waals surface area contributed by atoms with Gasteiger partial charge in [-0.05, 0) is 24.5 Å². The molecule has 0 bridgehead atoms. The number of carboxylic acid groups (broad SMARTS) is 1. The van der Waals surface area contributed by atoms with Crippen LogP contribution in [0.25, 0.3) is 0 Å². The number of hydrogen-bond donors (Lipinski definition) is 3. The summed E-state index contributed by atoms with van der Waals surface area (Å²) in [7, 11) is -4.65. The number of carboxylic acids is 1. The van der Waals surface area contributed by atoms with Crippen molar-refractivity contribution in [3.05, 3.63) is 42.0 Å². The summed E-state index contributed by atoms with van der Waals surface area (Å²) in [6.45, 7) is 2.13. The van der Waals surface area contributed by atoms with E-state index in [2.05, 4.69) is 11.4 Å². The predicted molar refractivity (Wildman–Crippen MR) is 154 cm³/mol. The summed E-state index contributed by atoms with van der Waals surface area (Å²) in [6.07, 6.45) is 12.9. The molecular weight excluding hydrogens is 553 g/mol. The fraction of sp³-hybridized carbons (Fsp3) is 0.655. The SMILES string of the molecule is CCCCCCCCCCCOc1ccccc1CCC(=O)OC[C@@H]1OCC=C[C@H]1OP(=O)(O)OC[C@H](N)C(=O)O. The second kappa shape index (κ2) is 19.8. The number of unbranched alkanes of at least 4 members (excludes halogenated alkanes) is 8. The summed E-state index contributed by atoms with van der Waals surface area (Å²) in [5.74, 6) is -1.09. The van der Waals surface area contributed by atoms with Crippen molar-refractivity contribution < 1.29 is 47.4 Å². The van der Waals surface area contributed by atoms with E-state index in [0.29, 0.717) is 13.0 Å². The van der Waals surface area contributed by atoms with E-state index in [0.717, 1.165) is 24.2 Å². The number of para-hydroxylation sites is 1. The van der Waals surface area contributed by atoms with Crippen LogP contribution in [0.2, 0.25) is 0 Å². The highest BCUT2D eigenvalue weighted by molar-refractivity contribution is 7.47. The molecule has 4 atom stereocenters. The molecule has 12 heteroatoms. The first-order valence-corrected chi connectivity index (χ1v) is 16.0. The maximum Gasteiger partial charge on any atom is 0.472 e. The molecule has 1 heterocycles. The molecular formula is C29H46NO10P. The smallest absolute Gasteiger partial charge is 0.472 e. The number of carbonyl (C=O) groups excluding carboxylic acids is 1. The van der Waals surface area contributed by atoms with E-state index < -0.39 is 44.6 Å². The number of hydrogen-bond acceptors (Lipinski definition) is 9. The minimum absolute atomic E-state index is 0.112. The topological polar surface area (TPSA) is 164 Å². The predicted octanol–water partition coefficient (Wildman–Crippen LogP) is 4.94. The fourth-order valence-electron chi connectivity index (χ4n) is 4.19. The Labute approximate surface area is 242 Å². The van der Waals surface area contributed by atoms with Gasteiger partial charge in [0.15, 0.2) is 0 Å². The van der Waals surface area contributed by atoms with Crippen molar-refractivity contribution in [1.29, 1.82) is 0 Å². The lowest BCUT2D eigenvalue weighted by Crippen LogP contribution is -2.38. The number of benzene rings is 1. The Kier molecular flexibility index (Phi) is 16.8. The third-order valence-corrected chi connectivity index (χ3v) is 7.56. The fourth-order valence-corrected chi connectivity index (χ4v) is 5.12. The van der Waals surface area contributed by atoms with Gasteiger partial charge in [0.2, 0.25) is 0 Å². The molecule has 0 aromatic heterocycles. The Balaban J connectivity index is 1.71.